The lowest BCUT2D eigenvalue weighted by molar-refractivity contribution is 0.584. The first-order valence-electron chi connectivity index (χ1n) is 5.08. The number of nitrogens with one attached hydrogen (secondary N) is 1. The van der Waals surface area contributed by atoms with Crippen molar-refractivity contribution in [1.82, 2.24) is 9.97 Å². The maximum atomic E-state index is 13.1. The third kappa shape index (κ3) is 2.55. The van der Waals surface area contributed by atoms with Crippen LogP contribution in [-0.4, -0.2) is 17.0 Å². The Hall–Kier alpha value is -2.04. The smallest absolute Gasteiger partial charge is 0.223 e. The Bertz CT molecular complexity index is 535. The first-order valence-corrected chi connectivity index (χ1v) is 5.08. The fraction of sp³-hybridized carbons (Fsp3) is 0.167. The molecule has 3 nitrogen and oxygen atoms in total. The van der Waals surface area contributed by atoms with Crippen LogP contribution in [0.2, 0.25) is 0 Å². The van der Waals surface area contributed by atoms with E-state index in [2.05, 4.69) is 15.3 Å². The van der Waals surface area contributed by atoms with Crippen LogP contribution in [0.3, 0.4) is 0 Å². The standard InChI is InChI=1S/C12H11F2N3/c1-7-3-11(17-12(15-2)16-7)8-4-9(13)6-10(14)5-8/h3-6H,1-2H3,(H,15,16,17). The molecule has 0 aliphatic rings. The van der Waals surface area contributed by atoms with E-state index < -0.39 is 11.6 Å². The number of hydrogen-bond acceptors (Lipinski definition) is 3. The summed E-state index contributed by atoms with van der Waals surface area (Å²) in [6.45, 7) is 1.79. The minimum atomic E-state index is -0.623. The summed E-state index contributed by atoms with van der Waals surface area (Å²) in [4.78, 5) is 8.26. The number of benzene rings is 1. The molecular weight excluding hydrogens is 224 g/mol. The molecule has 5 heteroatoms. The van der Waals surface area contributed by atoms with Crippen LogP contribution in [-0.2, 0) is 0 Å². The zero-order valence-electron chi connectivity index (χ0n) is 9.46. The van der Waals surface area contributed by atoms with Crippen LogP contribution in [0.5, 0.6) is 0 Å². The monoisotopic (exact) mass is 235 g/mol. The predicted molar refractivity (Wildman–Crippen MR) is 61.7 cm³/mol. The summed E-state index contributed by atoms with van der Waals surface area (Å²) in [5.74, 6) is -0.825. The van der Waals surface area contributed by atoms with Gasteiger partial charge in [0.2, 0.25) is 5.95 Å². The summed E-state index contributed by atoms with van der Waals surface area (Å²) in [7, 11) is 1.69. The number of nitrogens with zero attached hydrogens (tertiary/aromatic N) is 2. The van der Waals surface area contributed by atoms with Gasteiger partial charge in [-0.15, -0.1) is 0 Å². The number of rotatable bonds is 2. The van der Waals surface area contributed by atoms with Crippen molar-refractivity contribution in [2.24, 2.45) is 0 Å². The van der Waals surface area contributed by atoms with Crippen molar-refractivity contribution in [3.8, 4) is 11.3 Å². The Labute approximate surface area is 97.5 Å². The van der Waals surface area contributed by atoms with Crippen molar-refractivity contribution in [2.45, 2.75) is 6.92 Å². The summed E-state index contributed by atoms with van der Waals surface area (Å²) in [5.41, 5.74) is 1.61. The molecule has 0 radical (unpaired) electrons. The fourth-order valence-corrected chi connectivity index (χ4v) is 1.53. The summed E-state index contributed by atoms with van der Waals surface area (Å²) >= 11 is 0. The Kier molecular flexibility index (Phi) is 2.99. The third-order valence-electron chi connectivity index (χ3n) is 2.24. The summed E-state index contributed by atoms with van der Waals surface area (Å²) in [6, 6.07) is 4.99. The molecule has 0 fully saturated rings. The van der Waals surface area contributed by atoms with Gasteiger partial charge in [0.05, 0.1) is 5.69 Å². The molecule has 0 saturated heterocycles. The minimum Gasteiger partial charge on any atom is -0.357 e. The van der Waals surface area contributed by atoms with E-state index in [1.165, 1.54) is 12.1 Å². The van der Waals surface area contributed by atoms with Crippen molar-refractivity contribution in [2.75, 3.05) is 12.4 Å². The Balaban J connectivity index is 2.55. The summed E-state index contributed by atoms with van der Waals surface area (Å²) in [5, 5.41) is 2.80. The maximum absolute atomic E-state index is 13.1. The largest absolute Gasteiger partial charge is 0.357 e. The number of hydrogen-bond donors (Lipinski definition) is 1. The van der Waals surface area contributed by atoms with Crippen molar-refractivity contribution >= 4 is 5.95 Å². The highest BCUT2D eigenvalue weighted by Gasteiger charge is 2.07. The molecule has 2 rings (SSSR count). The van der Waals surface area contributed by atoms with Crippen LogP contribution in [0.4, 0.5) is 14.7 Å². The molecule has 2 aromatic rings. The van der Waals surface area contributed by atoms with Gasteiger partial charge in [-0.2, -0.15) is 0 Å². The number of halogens is 2. The maximum Gasteiger partial charge on any atom is 0.223 e. The topological polar surface area (TPSA) is 37.8 Å². The van der Waals surface area contributed by atoms with Crippen LogP contribution < -0.4 is 5.32 Å². The highest BCUT2D eigenvalue weighted by Crippen LogP contribution is 2.21. The normalized spacial score (nSPS) is 10.4. The van der Waals surface area contributed by atoms with Crippen LogP contribution in [0.1, 0.15) is 5.69 Å². The van der Waals surface area contributed by atoms with Crippen LogP contribution in [0, 0.1) is 18.6 Å². The second kappa shape index (κ2) is 4.45. The highest BCUT2D eigenvalue weighted by molar-refractivity contribution is 5.60. The molecule has 0 amide bonds. The lowest BCUT2D eigenvalue weighted by Crippen LogP contribution is -1.99. The summed E-state index contributed by atoms with van der Waals surface area (Å²) in [6.07, 6.45) is 0. The Morgan fingerprint density at radius 2 is 1.65 bits per heavy atom. The van der Waals surface area contributed by atoms with Gasteiger partial charge in [0.25, 0.3) is 0 Å². The molecule has 88 valence electrons. The molecule has 0 aliphatic heterocycles. The first kappa shape index (κ1) is 11.4. The van der Waals surface area contributed by atoms with Gasteiger partial charge in [-0.05, 0) is 25.1 Å². The number of aromatic nitrogens is 2. The third-order valence-corrected chi connectivity index (χ3v) is 2.24. The molecule has 0 spiro atoms. The van der Waals surface area contributed by atoms with E-state index in [0.29, 0.717) is 17.2 Å². The first-order chi connectivity index (χ1) is 8.08. The van der Waals surface area contributed by atoms with Gasteiger partial charge >= 0.3 is 0 Å². The predicted octanol–water partition coefficient (Wildman–Crippen LogP) is 2.77. The molecule has 1 aromatic carbocycles. The zero-order chi connectivity index (χ0) is 12.4. The Morgan fingerprint density at radius 1 is 1.00 bits per heavy atom. The number of anilines is 1. The van der Waals surface area contributed by atoms with E-state index in [4.69, 9.17) is 0 Å². The van der Waals surface area contributed by atoms with Gasteiger partial charge in [0.1, 0.15) is 11.6 Å². The molecule has 17 heavy (non-hydrogen) atoms. The van der Waals surface area contributed by atoms with E-state index in [1.807, 2.05) is 0 Å². The lowest BCUT2D eigenvalue weighted by Gasteiger charge is -2.05. The van der Waals surface area contributed by atoms with Gasteiger partial charge < -0.3 is 5.32 Å². The molecule has 0 aliphatic carbocycles. The second-order valence-corrected chi connectivity index (χ2v) is 3.63. The molecule has 0 unspecified atom stereocenters. The zero-order valence-corrected chi connectivity index (χ0v) is 9.46. The van der Waals surface area contributed by atoms with Crippen molar-refractivity contribution in [3.05, 3.63) is 41.6 Å². The van der Waals surface area contributed by atoms with Gasteiger partial charge in [-0.3, -0.25) is 0 Å². The van der Waals surface area contributed by atoms with E-state index in [1.54, 1.807) is 20.0 Å². The highest BCUT2D eigenvalue weighted by atomic mass is 19.1. The van der Waals surface area contributed by atoms with Crippen LogP contribution in [0.25, 0.3) is 11.3 Å². The van der Waals surface area contributed by atoms with E-state index in [0.717, 1.165) is 11.8 Å². The molecule has 0 atom stereocenters. The van der Waals surface area contributed by atoms with Gasteiger partial charge in [-0.1, -0.05) is 0 Å². The van der Waals surface area contributed by atoms with Crippen LogP contribution >= 0.6 is 0 Å². The van der Waals surface area contributed by atoms with Crippen LogP contribution in [0.15, 0.2) is 24.3 Å². The fourth-order valence-electron chi connectivity index (χ4n) is 1.53. The van der Waals surface area contributed by atoms with Gasteiger partial charge in [0.15, 0.2) is 0 Å². The van der Waals surface area contributed by atoms with Crippen molar-refractivity contribution in [3.63, 3.8) is 0 Å². The average molecular weight is 235 g/mol. The lowest BCUT2D eigenvalue weighted by atomic mass is 10.1. The van der Waals surface area contributed by atoms with Gasteiger partial charge in [-0.25, -0.2) is 18.7 Å². The van der Waals surface area contributed by atoms with E-state index in [-0.39, 0.29) is 0 Å². The minimum absolute atomic E-state index is 0.393. The molecule has 1 N–H and O–H groups in total. The Morgan fingerprint density at radius 3 is 2.24 bits per heavy atom. The van der Waals surface area contributed by atoms with Crippen molar-refractivity contribution < 1.29 is 8.78 Å². The van der Waals surface area contributed by atoms with Crippen molar-refractivity contribution in [1.29, 1.82) is 0 Å². The van der Waals surface area contributed by atoms with Gasteiger partial charge in [0, 0.05) is 24.4 Å². The average Bonchev–Trinajstić information content (AvgIpc) is 2.26. The number of aryl methyl sites for hydroxylation is 1. The molecule has 0 bridgehead atoms. The quantitative estimate of drug-likeness (QED) is 0.869. The molecule has 1 aromatic heterocycles. The van der Waals surface area contributed by atoms with E-state index >= 15 is 0 Å². The SMILES string of the molecule is CNc1nc(C)cc(-c2cc(F)cc(F)c2)n1. The molecule has 1 heterocycles. The van der Waals surface area contributed by atoms with E-state index in [9.17, 15) is 8.78 Å². The summed E-state index contributed by atoms with van der Waals surface area (Å²) < 4.78 is 26.2. The molecule has 0 saturated carbocycles. The molecular formula is C12H11F2N3. The second-order valence-electron chi connectivity index (χ2n) is 3.63.